The zero-order valence-corrected chi connectivity index (χ0v) is 11.4. The minimum Gasteiger partial charge on any atom is -0.284 e. The monoisotopic (exact) mass is 270 g/mol. The lowest BCUT2D eigenvalue weighted by molar-refractivity contribution is -0.107. The molecular weight excluding hydrogens is 256 g/mol. The molecule has 19 heavy (non-hydrogen) atoms. The van der Waals surface area contributed by atoms with Crippen LogP contribution in [0.5, 0.6) is 0 Å². The summed E-state index contributed by atoms with van der Waals surface area (Å²) in [6.45, 7) is 1.84. The molecule has 0 heterocycles. The number of thioether (sulfide) groups is 1. The maximum atomic E-state index is 12.0. The van der Waals surface area contributed by atoms with Gasteiger partial charge in [-0.3, -0.25) is 9.59 Å². The fourth-order valence-electron chi connectivity index (χ4n) is 1.73. The Labute approximate surface area is 116 Å². The van der Waals surface area contributed by atoms with Crippen molar-refractivity contribution >= 4 is 22.7 Å². The Morgan fingerprint density at radius 3 is 2.26 bits per heavy atom. The predicted molar refractivity (Wildman–Crippen MR) is 78.3 cm³/mol. The Morgan fingerprint density at radius 1 is 0.947 bits per heavy atom. The van der Waals surface area contributed by atoms with Gasteiger partial charge >= 0.3 is 0 Å². The highest BCUT2D eigenvalue weighted by Crippen LogP contribution is 2.17. The van der Waals surface area contributed by atoms with Gasteiger partial charge in [-0.1, -0.05) is 66.4 Å². The van der Waals surface area contributed by atoms with E-state index in [1.807, 2.05) is 49.4 Å². The second-order valence-corrected chi connectivity index (χ2v) is 5.15. The van der Waals surface area contributed by atoms with Gasteiger partial charge in [0.2, 0.25) is 5.78 Å². The van der Waals surface area contributed by atoms with Crippen molar-refractivity contribution in [3.8, 4) is 0 Å². The van der Waals surface area contributed by atoms with Crippen LogP contribution in [-0.2, 0) is 10.5 Å². The van der Waals surface area contributed by atoms with Gasteiger partial charge in [0.05, 0.1) is 0 Å². The Kier molecular flexibility index (Phi) is 4.53. The zero-order chi connectivity index (χ0) is 13.7. The molecule has 96 valence electrons. The van der Waals surface area contributed by atoms with Crippen molar-refractivity contribution in [3.05, 3.63) is 71.3 Å². The molecule has 0 atom stereocenters. The summed E-state index contributed by atoms with van der Waals surface area (Å²) in [5.41, 5.74) is 2.37. The van der Waals surface area contributed by atoms with E-state index in [0.717, 1.165) is 22.9 Å². The second-order valence-electron chi connectivity index (χ2n) is 4.21. The summed E-state index contributed by atoms with van der Waals surface area (Å²) in [7, 11) is 0. The third kappa shape index (κ3) is 3.55. The number of aryl methyl sites for hydroxylation is 1. The standard InChI is InChI=1S/C16H14O2S/c1-12-7-5-6-10-14(12)15(17)16(18)19-11-13-8-3-2-4-9-13/h2-10H,11H2,1H3. The molecule has 2 aromatic rings. The third-order valence-electron chi connectivity index (χ3n) is 2.79. The van der Waals surface area contributed by atoms with Crippen LogP contribution in [0.15, 0.2) is 54.6 Å². The van der Waals surface area contributed by atoms with E-state index in [0.29, 0.717) is 11.3 Å². The molecule has 0 N–H and O–H groups in total. The predicted octanol–water partition coefficient (Wildman–Crippen LogP) is 3.64. The molecule has 2 aromatic carbocycles. The van der Waals surface area contributed by atoms with Crippen molar-refractivity contribution in [2.75, 3.05) is 0 Å². The summed E-state index contributed by atoms with van der Waals surface area (Å²) in [5, 5.41) is -0.404. The van der Waals surface area contributed by atoms with Crippen LogP contribution < -0.4 is 0 Å². The molecule has 2 rings (SSSR count). The Bertz CT molecular complexity index is 591. The van der Waals surface area contributed by atoms with Gasteiger partial charge < -0.3 is 0 Å². The summed E-state index contributed by atoms with van der Waals surface area (Å²) >= 11 is 1.05. The van der Waals surface area contributed by atoms with Gasteiger partial charge in [-0.15, -0.1) is 0 Å². The van der Waals surface area contributed by atoms with Crippen molar-refractivity contribution in [2.24, 2.45) is 0 Å². The first-order chi connectivity index (χ1) is 9.18. The topological polar surface area (TPSA) is 34.1 Å². The van der Waals surface area contributed by atoms with E-state index in [9.17, 15) is 9.59 Å². The molecule has 0 aliphatic rings. The summed E-state index contributed by atoms with van der Waals surface area (Å²) < 4.78 is 0. The van der Waals surface area contributed by atoms with Crippen LogP contribution in [0.4, 0.5) is 0 Å². The molecule has 2 nitrogen and oxygen atoms in total. The van der Waals surface area contributed by atoms with Crippen LogP contribution in [-0.4, -0.2) is 10.9 Å². The molecule has 0 bridgehead atoms. The number of rotatable bonds is 4. The number of carbonyl (C=O) groups is 2. The molecule has 0 aromatic heterocycles. The van der Waals surface area contributed by atoms with Crippen LogP contribution >= 0.6 is 11.8 Å². The second kappa shape index (κ2) is 6.34. The molecule has 0 aliphatic heterocycles. The summed E-state index contributed by atoms with van der Waals surface area (Å²) in [6.07, 6.45) is 0. The number of benzene rings is 2. The minimum absolute atomic E-state index is 0.404. The molecule has 0 saturated heterocycles. The van der Waals surface area contributed by atoms with E-state index in [-0.39, 0.29) is 0 Å². The normalized spacial score (nSPS) is 10.2. The zero-order valence-electron chi connectivity index (χ0n) is 10.6. The lowest BCUT2D eigenvalue weighted by atomic mass is 10.1. The van der Waals surface area contributed by atoms with Gasteiger partial charge in [0.1, 0.15) is 0 Å². The molecule has 0 aliphatic carbocycles. The molecule has 0 saturated carbocycles. The van der Waals surface area contributed by atoms with Crippen molar-refractivity contribution in [3.63, 3.8) is 0 Å². The van der Waals surface area contributed by atoms with Gasteiger partial charge in [-0.25, -0.2) is 0 Å². The van der Waals surface area contributed by atoms with E-state index in [2.05, 4.69) is 0 Å². The van der Waals surface area contributed by atoms with E-state index < -0.39 is 10.9 Å². The maximum absolute atomic E-state index is 12.0. The van der Waals surface area contributed by atoms with E-state index >= 15 is 0 Å². The van der Waals surface area contributed by atoms with Crippen LogP contribution in [0.25, 0.3) is 0 Å². The van der Waals surface area contributed by atoms with Crippen molar-refractivity contribution in [1.29, 1.82) is 0 Å². The highest BCUT2D eigenvalue weighted by molar-refractivity contribution is 8.14. The lowest BCUT2D eigenvalue weighted by Crippen LogP contribution is -2.12. The first-order valence-corrected chi connectivity index (χ1v) is 6.98. The number of carbonyl (C=O) groups excluding carboxylic acids is 2. The quantitative estimate of drug-likeness (QED) is 0.628. The van der Waals surface area contributed by atoms with Gasteiger partial charge in [0.15, 0.2) is 0 Å². The molecule has 0 radical (unpaired) electrons. The van der Waals surface area contributed by atoms with E-state index in [1.54, 1.807) is 12.1 Å². The highest BCUT2D eigenvalue weighted by atomic mass is 32.2. The molecule has 0 amide bonds. The summed E-state index contributed by atoms with van der Waals surface area (Å²) in [6, 6.07) is 16.8. The largest absolute Gasteiger partial charge is 0.284 e. The first kappa shape index (κ1) is 13.6. The molecule has 0 spiro atoms. The first-order valence-electron chi connectivity index (χ1n) is 5.99. The van der Waals surface area contributed by atoms with Gasteiger partial charge in [0, 0.05) is 11.3 Å². The van der Waals surface area contributed by atoms with E-state index in [1.165, 1.54) is 0 Å². The number of hydrogen-bond acceptors (Lipinski definition) is 3. The highest BCUT2D eigenvalue weighted by Gasteiger charge is 2.18. The molecular formula is C16H14O2S. The Balaban J connectivity index is 2.01. The van der Waals surface area contributed by atoms with Crippen LogP contribution in [0.1, 0.15) is 21.5 Å². The molecule has 0 fully saturated rings. The van der Waals surface area contributed by atoms with Crippen LogP contribution in [0.3, 0.4) is 0 Å². The lowest BCUT2D eigenvalue weighted by Gasteiger charge is -2.03. The third-order valence-corrected chi connectivity index (χ3v) is 3.71. The maximum Gasteiger partial charge on any atom is 0.260 e. The van der Waals surface area contributed by atoms with Crippen molar-refractivity contribution in [2.45, 2.75) is 12.7 Å². The van der Waals surface area contributed by atoms with Gasteiger partial charge in [0.25, 0.3) is 5.12 Å². The number of ketones is 1. The Hall–Kier alpha value is -1.87. The number of Topliss-reactive ketones (excluding diaryl/α,β-unsaturated/α-hetero) is 1. The van der Waals surface area contributed by atoms with E-state index in [4.69, 9.17) is 0 Å². The van der Waals surface area contributed by atoms with Gasteiger partial charge in [-0.2, -0.15) is 0 Å². The minimum atomic E-state index is -0.418. The molecule has 0 unspecified atom stereocenters. The fraction of sp³-hybridized carbons (Fsp3) is 0.125. The van der Waals surface area contributed by atoms with Crippen LogP contribution in [0, 0.1) is 6.92 Å². The smallest absolute Gasteiger partial charge is 0.260 e. The SMILES string of the molecule is Cc1ccccc1C(=O)C(=O)SCc1ccccc1. The Morgan fingerprint density at radius 2 is 1.58 bits per heavy atom. The van der Waals surface area contributed by atoms with Crippen LogP contribution in [0.2, 0.25) is 0 Å². The average Bonchev–Trinajstić information content (AvgIpc) is 2.45. The molecule has 3 heteroatoms. The van der Waals surface area contributed by atoms with Crippen molar-refractivity contribution < 1.29 is 9.59 Å². The fourth-order valence-corrected chi connectivity index (χ4v) is 2.46. The summed E-state index contributed by atoms with van der Waals surface area (Å²) in [4.78, 5) is 23.9. The number of hydrogen-bond donors (Lipinski definition) is 0. The van der Waals surface area contributed by atoms with Crippen molar-refractivity contribution in [1.82, 2.24) is 0 Å². The van der Waals surface area contributed by atoms with Gasteiger partial charge in [-0.05, 0) is 18.1 Å². The summed E-state index contributed by atoms with van der Waals surface area (Å²) in [5.74, 6) is 0.108. The average molecular weight is 270 g/mol.